The van der Waals surface area contributed by atoms with Gasteiger partial charge in [-0.2, -0.15) is 0 Å². The summed E-state index contributed by atoms with van der Waals surface area (Å²) in [6, 6.07) is 7.85. The van der Waals surface area contributed by atoms with E-state index in [1.807, 2.05) is 25.1 Å². The Bertz CT molecular complexity index is 544. The minimum atomic E-state index is -0.738. The van der Waals surface area contributed by atoms with E-state index in [1.165, 1.54) is 0 Å². The Labute approximate surface area is 137 Å². The number of benzene rings is 1. The Balaban J connectivity index is 1.96. The van der Waals surface area contributed by atoms with Crippen molar-refractivity contribution in [1.29, 1.82) is 0 Å². The summed E-state index contributed by atoms with van der Waals surface area (Å²) in [5.41, 5.74) is 1.65. The second-order valence-corrected chi connectivity index (χ2v) is 6.04. The third-order valence-electron chi connectivity index (χ3n) is 4.18. The van der Waals surface area contributed by atoms with Crippen LogP contribution in [0.4, 0.5) is 0 Å². The molecule has 1 aliphatic heterocycles. The Morgan fingerprint density at radius 1 is 1.39 bits per heavy atom. The number of aliphatic carboxylic acids is 1. The summed E-state index contributed by atoms with van der Waals surface area (Å²) >= 11 is 0. The molecule has 1 unspecified atom stereocenters. The van der Waals surface area contributed by atoms with Gasteiger partial charge in [0, 0.05) is 19.0 Å². The van der Waals surface area contributed by atoms with Crippen molar-refractivity contribution in [2.75, 3.05) is 13.2 Å². The predicted octanol–water partition coefficient (Wildman–Crippen LogP) is 3.08. The highest BCUT2D eigenvalue weighted by molar-refractivity contribution is 5.89. The molecule has 23 heavy (non-hydrogen) atoms. The molecule has 1 N–H and O–H groups in total. The van der Waals surface area contributed by atoms with Crippen LogP contribution in [0, 0.1) is 0 Å². The summed E-state index contributed by atoms with van der Waals surface area (Å²) in [5.74, 6) is -1.02. The summed E-state index contributed by atoms with van der Waals surface area (Å²) in [4.78, 5) is 25.0. The number of ether oxygens (including phenoxy) is 1. The van der Waals surface area contributed by atoms with Crippen molar-refractivity contribution >= 4 is 11.9 Å². The lowest BCUT2D eigenvalue weighted by Gasteiger charge is -2.24. The van der Waals surface area contributed by atoms with E-state index in [0.29, 0.717) is 24.6 Å². The number of hydrogen-bond acceptors (Lipinski definition) is 4. The molecule has 5 heteroatoms. The van der Waals surface area contributed by atoms with Crippen molar-refractivity contribution in [2.45, 2.75) is 51.6 Å². The minimum absolute atomic E-state index is 0.213. The van der Waals surface area contributed by atoms with E-state index in [0.717, 1.165) is 37.9 Å². The number of esters is 1. The largest absolute Gasteiger partial charge is 0.481 e. The molecular weight excluding hydrogens is 294 g/mol. The van der Waals surface area contributed by atoms with Gasteiger partial charge in [-0.25, -0.2) is 4.79 Å². The highest BCUT2D eigenvalue weighted by atomic mass is 16.5. The molecule has 0 saturated carbocycles. The Hall–Kier alpha value is -1.88. The lowest BCUT2D eigenvalue weighted by Crippen LogP contribution is -2.29. The number of likely N-dealkylation sites (tertiary alicyclic amines) is 1. The van der Waals surface area contributed by atoms with Crippen LogP contribution in [0.2, 0.25) is 0 Å². The first kappa shape index (κ1) is 17.5. The third kappa shape index (κ3) is 5.36. The molecule has 1 aromatic rings. The number of rotatable bonds is 8. The molecule has 1 aromatic carbocycles. The molecule has 126 valence electrons. The average Bonchev–Trinajstić information content (AvgIpc) is 2.98. The molecule has 0 radical (unpaired) electrons. The maximum atomic E-state index is 11.9. The molecule has 1 heterocycles. The number of carboxylic acid groups (broad SMARTS) is 1. The first-order valence-corrected chi connectivity index (χ1v) is 8.32. The van der Waals surface area contributed by atoms with Gasteiger partial charge in [0.15, 0.2) is 0 Å². The van der Waals surface area contributed by atoms with Gasteiger partial charge >= 0.3 is 11.9 Å². The van der Waals surface area contributed by atoms with Gasteiger partial charge in [-0.3, -0.25) is 9.69 Å². The fraction of sp³-hybridized carbons (Fsp3) is 0.556. The van der Waals surface area contributed by atoms with Crippen LogP contribution in [0.1, 0.15) is 54.9 Å². The highest BCUT2D eigenvalue weighted by Gasteiger charge is 2.25. The molecule has 0 aromatic heterocycles. The van der Waals surface area contributed by atoms with Gasteiger partial charge in [0.1, 0.15) is 0 Å². The zero-order valence-electron chi connectivity index (χ0n) is 13.7. The maximum Gasteiger partial charge on any atom is 0.338 e. The maximum absolute atomic E-state index is 11.9. The van der Waals surface area contributed by atoms with Gasteiger partial charge < -0.3 is 9.84 Å². The molecule has 5 nitrogen and oxygen atoms in total. The molecule has 1 saturated heterocycles. The number of carboxylic acids is 1. The van der Waals surface area contributed by atoms with Gasteiger partial charge in [0.25, 0.3) is 0 Å². The van der Waals surface area contributed by atoms with Crippen molar-refractivity contribution in [3.63, 3.8) is 0 Å². The van der Waals surface area contributed by atoms with Gasteiger partial charge in [0.2, 0.25) is 0 Å². The van der Waals surface area contributed by atoms with Crippen molar-refractivity contribution in [3.8, 4) is 0 Å². The van der Waals surface area contributed by atoms with E-state index in [9.17, 15) is 9.59 Å². The molecule has 0 aliphatic carbocycles. The normalized spacial score (nSPS) is 18.0. The zero-order chi connectivity index (χ0) is 16.7. The average molecular weight is 319 g/mol. The molecule has 1 atom stereocenters. The van der Waals surface area contributed by atoms with E-state index in [1.54, 1.807) is 6.07 Å². The van der Waals surface area contributed by atoms with Crippen LogP contribution in [0.5, 0.6) is 0 Å². The van der Waals surface area contributed by atoms with Crippen LogP contribution in [0.25, 0.3) is 0 Å². The second kappa shape index (κ2) is 8.67. The third-order valence-corrected chi connectivity index (χ3v) is 4.18. The van der Waals surface area contributed by atoms with Crippen LogP contribution < -0.4 is 0 Å². The first-order valence-electron chi connectivity index (χ1n) is 8.32. The quantitative estimate of drug-likeness (QED) is 0.746. The van der Waals surface area contributed by atoms with Crippen molar-refractivity contribution < 1.29 is 19.4 Å². The van der Waals surface area contributed by atoms with Crippen molar-refractivity contribution in [3.05, 3.63) is 35.4 Å². The summed E-state index contributed by atoms with van der Waals surface area (Å²) in [5, 5.41) is 8.85. The van der Waals surface area contributed by atoms with E-state index in [4.69, 9.17) is 9.84 Å². The molecule has 1 aliphatic rings. The minimum Gasteiger partial charge on any atom is -0.481 e. The molecule has 0 bridgehead atoms. The SMILES string of the molecule is CCCOC(=O)c1cccc(CN2CCCC2CCC(=O)O)c1. The van der Waals surface area contributed by atoms with Gasteiger partial charge in [-0.15, -0.1) is 0 Å². The molecular formula is C18H25NO4. The zero-order valence-corrected chi connectivity index (χ0v) is 13.7. The summed E-state index contributed by atoms with van der Waals surface area (Å²) in [6.07, 6.45) is 3.86. The number of carbonyl (C=O) groups excluding carboxylic acids is 1. The molecule has 1 fully saturated rings. The summed E-state index contributed by atoms with van der Waals surface area (Å²) in [6.45, 7) is 4.13. The standard InChI is InChI=1S/C18H25NO4/c1-2-11-23-18(22)15-6-3-5-14(12-15)13-19-10-4-7-16(19)8-9-17(20)21/h3,5-6,12,16H,2,4,7-11,13H2,1H3,(H,20,21). The van der Waals surface area contributed by atoms with Gasteiger partial charge in [-0.05, 0) is 49.9 Å². The Morgan fingerprint density at radius 3 is 2.96 bits per heavy atom. The smallest absolute Gasteiger partial charge is 0.338 e. The topological polar surface area (TPSA) is 66.8 Å². The van der Waals surface area contributed by atoms with Crippen LogP contribution in [0.15, 0.2) is 24.3 Å². The van der Waals surface area contributed by atoms with E-state index in [2.05, 4.69) is 4.90 Å². The van der Waals surface area contributed by atoms with Crippen molar-refractivity contribution in [1.82, 2.24) is 4.90 Å². The monoisotopic (exact) mass is 319 g/mol. The summed E-state index contributed by atoms with van der Waals surface area (Å²) in [7, 11) is 0. The lowest BCUT2D eigenvalue weighted by molar-refractivity contribution is -0.137. The first-order chi connectivity index (χ1) is 11.1. The number of nitrogens with zero attached hydrogens (tertiary/aromatic N) is 1. The fourth-order valence-electron chi connectivity index (χ4n) is 3.03. The van der Waals surface area contributed by atoms with Crippen LogP contribution in [0.3, 0.4) is 0 Å². The molecule has 0 spiro atoms. The summed E-state index contributed by atoms with van der Waals surface area (Å²) < 4.78 is 5.17. The van der Waals surface area contributed by atoms with E-state index in [-0.39, 0.29) is 12.4 Å². The van der Waals surface area contributed by atoms with Crippen LogP contribution >= 0.6 is 0 Å². The fourth-order valence-corrected chi connectivity index (χ4v) is 3.03. The highest BCUT2D eigenvalue weighted by Crippen LogP contribution is 2.24. The number of carbonyl (C=O) groups is 2. The van der Waals surface area contributed by atoms with Crippen LogP contribution in [-0.2, 0) is 16.1 Å². The van der Waals surface area contributed by atoms with Gasteiger partial charge in [-0.1, -0.05) is 19.1 Å². The Morgan fingerprint density at radius 2 is 2.22 bits per heavy atom. The number of hydrogen-bond donors (Lipinski definition) is 1. The van der Waals surface area contributed by atoms with E-state index >= 15 is 0 Å². The van der Waals surface area contributed by atoms with Gasteiger partial charge in [0.05, 0.1) is 12.2 Å². The lowest BCUT2D eigenvalue weighted by atomic mass is 10.1. The molecule has 0 amide bonds. The van der Waals surface area contributed by atoms with Crippen LogP contribution in [-0.4, -0.2) is 41.1 Å². The predicted molar refractivity (Wildman–Crippen MR) is 87.3 cm³/mol. The Kier molecular flexibility index (Phi) is 6.59. The second-order valence-electron chi connectivity index (χ2n) is 6.04. The van der Waals surface area contributed by atoms with E-state index < -0.39 is 5.97 Å². The van der Waals surface area contributed by atoms with Crippen molar-refractivity contribution in [2.24, 2.45) is 0 Å². The molecule has 2 rings (SSSR count).